The van der Waals surface area contributed by atoms with Crippen molar-refractivity contribution in [3.8, 4) is 0 Å². The van der Waals surface area contributed by atoms with Crippen molar-refractivity contribution in [3.05, 3.63) is 24.0 Å². The number of nitrogens with two attached hydrogens (primary N) is 1. The molecule has 15 heavy (non-hydrogen) atoms. The summed E-state index contributed by atoms with van der Waals surface area (Å²) in [6, 6.07) is 4.28. The maximum absolute atomic E-state index is 13.0. The first-order chi connectivity index (χ1) is 7.00. The van der Waals surface area contributed by atoms with Crippen LogP contribution in [0.15, 0.2) is 18.2 Å². The molecule has 1 rings (SSSR count). The van der Waals surface area contributed by atoms with Gasteiger partial charge in [-0.3, -0.25) is 0 Å². The van der Waals surface area contributed by atoms with Gasteiger partial charge in [0.15, 0.2) is 0 Å². The Hall–Kier alpha value is -1.29. The molecule has 0 aromatic heterocycles. The van der Waals surface area contributed by atoms with Crippen molar-refractivity contribution in [1.82, 2.24) is 0 Å². The van der Waals surface area contributed by atoms with Gasteiger partial charge in [-0.1, -0.05) is 0 Å². The average Bonchev–Trinajstić information content (AvgIpc) is 2.18. The summed E-state index contributed by atoms with van der Waals surface area (Å²) in [5, 5.41) is 9.14. The zero-order chi connectivity index (χ0) is 11.4. The number of aliphatic hydroxyl groups is 1. The highest BCUT2D eigenvalue weighted by Crippen LogP contribution is 2.23. The Balaban J connectivity index is 2.72. The van der Waals surface area contributed by atoms with Gasteiger partial charge < -0.3 is 15.7 Å². The molecule has 0 saturated carbocycles. The molecule has 84 valence electrons. The summed E-state index contributed by atoms with van der Waals surface area (Å²) in [5.74, 6) is -0.303. The highest BCUT2D eigenvalue weighted by Gasteiger charge is 2.07. The van der Waals surface area contributed by atoms with E-state index in [1.54, 1.807) is 13.0 Å². The van der Waals surface area contributed by atoms with Crippen molar-refractivity contribution in [2.45, 2.75) is 19.4 Å². The lowest BCUT2D eigenvalue weighted by molar-refractivity contribution is 0.187. The lowest BCUT2D eigenvalue weighted by Crippen LogP contribution is -2.22. The molecule has 1 aromatic carbocycles. The van der Waals surface area contributed by atoms with Crippen LogP contribution in [-0.4, -0.2) is 24.8 Å². The van der Waals surface area contributed by atoms with E-state index in [-0.39, 0.29) is 11.9 Å². The SMILES string of the molecule is CC(O)CCN(C)c1cc(F)ccc1N. The normalized spacial score (nSPS) is 12.5. The highest BCUT2D eigenvalue weighted by atomic mass is 19.1. The van der Waals surface area contributed by atoms with Crippen LogP contribution in [0.3, 0.4) is 0 Å². The maximum atomic E-state index is 13.0. The van der Waals surface area contributed by atoms with Gasteiger partial charge in [-0.25, -0.2) is 4.39 Å². The molecule has 1 aromatic rings. The van der Waals surface area contributed by atoms with E-state index >= 15 is 0 Å². The Morgan fingerprint density at radius 3 is 2.80 bits per heavy atom. The third-order valence-corrected chi connectivity index (χ3v) is 2.29. The first-order valence-electron chi connectivity index (χ1n) is 4.95. The molecule has 0 bridgehead atoms. The minimum Gasteiger partial charge on any atom is -0.397 e. The quantitative estimate of drug-likeness (QED) is 0.745. The summed E-state index contributed by atoms with van der Waals surface area (Å²) in [6.07, 6.45) is 0.272. The Labute approximate surface area is 89.3 Å². The van der Waals surface area contributed by atoms with Crippen molar-refractivity contribution in [1.29, 1.82) is 0 Å². The number of nitrogens with zero attached hydrogens (tertiary/aromatic N) is 1. The van der Waals surface area contributed by atoms with Crippen LogP contribution in [0.5, 0.6) is 0 Å². The molecule has 0 fully saturated rings. The Morgan fingerprint density at radius 2 is 2.20 bits per heavy atom. The van der Waals surface area contributed by atoms with E-state index < -0.39 is 0 Å². The summed E-state index contributed by atoms with van der Waals surface area (Å²) >= 11 is 0. The smallest absolute Gasteiger partial charge is 0.125 e. The fraction of sp³-hybridized carbons (Fsp3) is 0.455. The zero-order valence-electron chi connectivity index (χ0n) is 9.07. The molecule has 0 aliphatic rings. The minimum absolute atomic E-state index is 0.303. The predicted octanol–water partition coefficient (Wildman–Crippen LogP) is 1.61. The standard InChI is InChI=1S/C11H17FN2O/c1-8(15)5-6-14(2)11-7-9(12)3-4-10(11)13/h3-4,7-8,15H,5-6,13H2,1-2H3. The summed E-state index contributed by atoms with van der Waals surface area (Å²) in [7, 11) is 1.83. The average molecular weight is 212 g/mol. The van der Waals surface area contributed by atoms with Crippen molar-refractivity contribution >= 4 is 11.4 Å². The van der Waals surface area contributed by atoms with Crippen LogP contribution < -0.4 is 10.6 Å². The second-order valence-electron chi connectivity index (χ2n) is 3.76. The number of nitrogen functional groups attached to an aromatic ring is 1. The number of aliphatic hydroxyl groups excluding tert-OH is 1. The molecule has 0 spiro atoms. The summed E-state index contributed by atoms with van der Waals surface area (Å²) in [4.78, 5) is 1.84. The molecule has 0 aliphatic heterocycles. The van der Waals surface area contributed by atoms with E-state index in [2.05, 4.69) is 0 Å². The molecule has 0 saturated heterocycles. The van der Waals surface area contributed by atoms with E-state index in [1.165, 1.54) is 12.1 Å². The van der Waals surface area contributed by atoms with Gasteiger partial charge in [0.1, 0.15) is 5.82 Å². The number of halogens is 1. The van der Waals surface area contributed by atoms with Crippen molar-refractivity contribution in [2.75, 3.05) is 24.2 Å². The first-order valence-corrected chi connectivity index (χ1v) is 4.95. The number of rotatable bonds is 4. The van der Waals surface area contributed by atoms with Gasteiger partial charge in [0, 0.05) is 13.6 Å². The van der Waals surface area contributed by atoms with Crippen LogP contribution in [-0.2, 0) is 0 Å². The van der Waals surface area contributed by atoms with Crippen LogP contribution in [0.25, 0.3) is 0 Å². The van der Waals surface area contributed by atoms with Crippen LogP contribution >= 0.6 is 0 Å². The number of hydrogen-bond donors (Lipinski definition) is 2. The van der Waals surface area contributed by atoms with Crippen LogP contribution in [0.1, 0.15) is 13.3 Å². The molecule has 0 amide bonds. The highest BCUT2D eigenvalue weighted by molar-refractivity contribution is 5.67. The summed E-state index contributed by atoms with van der Waals surface area (Å²) < 4.78 is 13.0. The Bertz CT molecular complexity index is 328. The molecule has 0 aliphatic carbocycles. The zero-order valence-corrected chi connectivity index (χ0v) is 9.07. The second kappa shape index (κ2) is 4.98. The van der Waals surface area contributed by atoms with Crippen LogP contribution in [0.2, 0.25) is 0 Å². The Morgan fingerprint density at radius 1 is 1.53 bits per heavy atom. The molecular weight excluding hydrogens is 195 g/mol. The number of benzene rings is 1. The lowest BCUT2D eigenvalue weighted by Gasteiger charge is -2.21. The topological polar surface area (TPSA) is 49.5 Å². The largest absolute Gasteiger partial charge is 0.397 e. The van der Waals surface area contributed by atoms with Crippen LogP contribution in [0, 0.1) is 5.82 Å². The summed E-state index contributed by atoms with van der Waals surface area (Å²) in [6.45, 7) is 2.37. The van der Waals surface area contributed by atoms with E-state index in [0.717, 1.165) is 0 Å². The van der Waals surface area contributed by atoms with E-state index in [0.29, 0.717) is 24.3 Å². The first kappa shape index (κ1) is 11.8. The lowest BCUT2D eigenvalue weighted by atomic mass is 10.2. The van der Waals surface area contributed by atoms with Crippen molar-refractivity contribution < 1.29 is 9.50 Å². The van der Waals surface area contributed by atoms with Crippen LogP contribution in [0.4, 0.5) is 15.8 Å². The number of anilines is 2. The van der Waals surface area contributed by atoms with Gasteiger partial charge in [0.05, 0.1) is 17.5 Å². The summed E-state index contributed by atoms with van der Waals surface area (Å²) in [5.41, 5.74) is 6.93. The predicted molar refractivity (Wildman–Crippen MR) is 60.4 cm³/mol. The molecular formula is C11H17FN2O. The molecule has 1 unspecified atom stereocenters. The fourth-order valence-corrected chi connectivity index (χ4v) is 1.35. The Kier molecular flexibility index (Phi) is 3.91. The van der Waals surface area contributed by atoms with Crippen molar-refractivity contribution in [3.63, 3.8) is 0 Å². The van der Waals surface area contributed by atoms with Gasteiger partial charge in [-0.05, 0) is 31.5 Å². The van der Waals surface area contributed by atoms with Gasteiger partial charge in [-0.15, -0.1) is 0 Å². The van der Waals surface area contributed by atoms with Gasteiger partial charge in [-0.2, -0.15) is 0 Å². The van der Waals surface area contributed by atoms with E-state index in [9.17, 15) is 4.39 Å². The monoisotopic (exact) mass is 212 g/mol. The second-order valence-corrected chi connectivity index (χ2v) is 3.76. The van der Waals surface area contributed by atoms with Gasteiger partial charge in [0.25, 0.3) is 0 Å². The fourth-order valence-electron chi connectivity index (χ4n) is 1.35. The van der Waals surface area contributed by atoms with E-state index in [1.807, 2.05) is 11.9 Å². The number of hydrogen-bond acceptors (Lipinski definition) is 3. The molecule has 0 radical (unpaired) electrons. The third-order valence-electron chi connectivity index (χ3n) is 2.29. The molecule has 4 heteroatoms. The van der Waals surface area contributed by atoms with Gasteiger partial charge >= 0.3 is 0 Å². The van der Waals surface area contributed by atoms with Crippen molar-refractivity contribution in [2.24, 2.45) is 0 Å². The molecule has 3 N–H and O–H groups in total. The minimum atomic E-state index is -0.359. The van der Waals surface area contributed by atoms with Gasteiger partial charge in [0.2, 0.25) is 0 Å². The van der Waals surface area contributed by atoms with E-state index in [4.69, 9.17) is 10.8 Å². The third kappa shape index (κ3) is 3.40. The molecule has 1 atom stereocenters. The molecule has 0 heterocycles. The molecule has 3 nitrogen and oxygen atoms in total. The maximum Gasteiger partial charge on any atom is 0.125 e.